The van der Waals surface area contributed by atoms with Gasteiger partial charge in [-0.05, 0) is 25.2 Å². The molecule has 1 atom stereocenters. The van der Waals surface area contributed by atoms with Crippen molar-refractivity contribution in [2.75, 3.05) is 0 Å². The Hall–Kier alpha value is -0.590. The van der Waals surface area contributed by atoms with Crippen LogP contribution >= 0.6 is 0 Å². The van der Waals surface area contributed by atoms with Crippen molar-refractivity contribution in [1.82, 2.24) is 0 Å². The summed E-state index contributed by atoms with van der Waals surface area (Å²) in [5.41, 5.74) is 1.31. The average Bonchev–Trinajstić information content (AvgIpc) is 2.22. The Bertz CT molecular complexity index is 182. The zero-order chi connectivity index (χ0) is 11.0. The molecule has 0 aliphatic rings. The number of ketones is 1. The number of carbonyl (C=O) groups is 1. The van der Waals surface area contributed by atoms with Crippen molar-refractivity contribution in [3.63, 3.8) is 0 Å². The first-order valence-electron chi connectivity index (χ1n) is 5.82. The second-order valence-electron chi connectivity index (χ2n) is 4.01. The summed E-state index contributed by atoms with van der Waals surface area (Å²) in [7, 11) is 0. The Morgan fingerprint density at radius 3 is 2.29 bits per heavy atom. The number of carbonyl (C=O) groups excluding carboxylic acids is 1. The third-order valence-electron chi connectivity index (χ3n) is 2.89. The molecule has 1 heteroatoms. The van der Waals surface area contributed by atoms with E-state index in [0.29, 0.717) is 18.1 Å². The first-order valence-corrected chi connectivity index (χ1v) is 5.82. The molecule has 0 aromatic rings. The minimum Gasteiger partial charge on any atom is -0.300 e. The molecule has 0 aliphatic carbocycles. The summed E-state index contributed by atoms with van der Waals surface area (Å²) >= 11 is 0. The van der Waals surface area contributed by atoms with Crippen LogP contribution in [-0.4, -0.2) is 5.78 Å². The number of Topliss-reactive ketones (excluding diaryl/α,β-unsaturated/α-hetero) is 1. The van der Waals surface area contributed by atoms with Crippen LogP contribution in [0.1, 0.15) is 59.3 Å². The normalized spacial score (nSPS) is 12.5. The summed E-state index contributed by atoms with van der Waals surface area (Å²) in [5, 5.41) is 0. The molecule has 14 heavy (non-hydrogen) atoms. The van der Waals surface area contributed by atoms with Crippen LogP contribution in [0.4, 0.5) is 0 Å². The highest BCUT2D eigenvalue weighted by atomic mass is 16.1. The van der Waals surface area contributed by atoms with Crippen molar-refractivity contribution in [2.45, 2.75) is 59.3 Å². The number of hydrogen-bond acceptors (Lipinski definition) is 1. The molecule has 0 saturated carbocycles. The summed E-state index contributed by atoms with van der Waals surface area (Å²) in [6.07, 6.45) is 5.86. The van der Waals surface area contributed by atoms with Crippen LogP contribution in [0.3, 0.4) is 0 Å². The lowest BCUT2D eigenvalue weighted by Gasteiger charge is -2.13. The summed E-state index contributed by atoms with van der Waals surface area (Å²) in [4.78, 5) is 11.3. The zero-order valence-electron chi connectivity index (χ0n) is 9.94. The predicted molar refractivity (Wildman–Crippen MR) is 62.4 cm³/mol. The molecule has 0 amide bonds. The van der Waals surface area contributed by atoms with Gasteiger partial charge in [0.1, 0.15) is 5.78 Å². The molecule has 82 valence electrons. The fourth-order valence-electron chi connectivity index (χ4n) is 1.50. The van der Waals surface area contributed by atoms with Crippen molar-refractivity contribution >= 4 is 5.78 Å². The molecule has 0 N–H and O–H groups in total. The molecule has 0 saturated heterocycles. The van der Waals surface area contributed by atoms with E-state index in [0.717, 1.165) is 32.1 Å². The third-order valence-corrected chi connectivity index (χ3v) is 2.89. The van der Waals surface area contributed by atoms with Gasteiger partial charge in [-0.3, -0.25) is 4.79 Å². The Morgan fingerprint density at radius 1 is 1.21 bits per heavy atom. The van der Waals surface area contributed by atoms with Gasteiger partial charge in [0, 0.05) is 12.8 Å². The van der Waals surface area contributed by atoms with Crippen LogP contribution in [0.15, 0.2) is 12.2 Å². The van der Waals surface area contributed by atoms with Gasteiger partial charge in [0.05, 0.1) is 0 Å². The van der Waals surface area contributed by atoms with Crippen molar-refractivity contribution < 1.29 is 4.79 Å². The van der Waals surface area contributed by atoms with Crippen LogP contribution in [0, 0.1) is 5.92 Å². The monoisotopic (exact) mass is 196 g/mol. The number of allylic oxidation sites excluding steroid dienone is 1. The molecule has 0 rings (SSSR count). The maximum atomic E-state index is 11.3. The van der Waals surface area contributed by atoms with Crippen LogP contribution in [0.25, 0.3) is 0 Å². The summed E-state index contributed by atoms with van der Waals surface area (Å²) in [6.45, 7) is 10.2. The maximum absolute atomic E-state index is 11.3. The molecule has 0 radical (unpaired) electrons. The predicted octanol–water partition coefficient (Wildman–Crippen LogP) is 4.13. The summed E-state index contributed by atoms with van der Waals surface area (Å²) in [6, 6.07) is 0. The molecule has 1 nitrogen and oxygen atoms in total. The van der Waals surface area contributed by atoms with E-state index in [-0.39, 0.29) is 0 Å². The van der Waals surface area contributed by atoms with Crippen molar-refractivity contribution in [3.8, 4) is 0 Å². The third kappa shape index (κ3) is 5.95. The Balaban J connectivity index is 3.79. The van der Waals surface area contributed by atoms with Crippen molar-refractivity contribution in [1.29, 1.82) is 0 Å². The zero-order valence-corrected chi connectivity index (χ0v) is 9.94. The van der Waals surface area contributed by atoms with E-state index in [1.807, 2.05) is 6.92 Å². The van der Waals surface area contributed by atoms with Gasteiger partial charge in [-0.1, -0.05) is 39.3 Å². The van der Waals surface area contributed by atoms with E-state index in [2.05, 4.69) is 20.4 Å². The van der Waals surface area contributed by atoms with Gasteiger partial charge in [-0.15, -0.1) is 0 Å². The standard InChI is InChI=1S/C13H24O/c1-5-11(4)8-9-12(6-2)10-13(14)7-3/h12H,4-10H2,1-3H3. The van der Waals surface area contributed by atoms with Crippen molar-refractivity contribution in [3.05, 3.63) is 12.2 Å². The van der Waals surface area contributed by atoms with Gasteiger partial charge < -0.3 is 0 Å². The van der Waals surface area contributed by atoms with Crippen molar-refractivity contribution in [2.24, 2.45) is 5.92 Å². The minimum absolute atomic E-state index is 0.402. The molecule has 0 heterocycles. The molecular weight excluding hydrogens is 172 g/mol. The highest BCUT2D eigenvalue weighted by molar-refractivity contribution is 5.78. The Labute approximate surface area is 88.6 Å². The second kappa shape index (κ2) is 7.78. The molecule has 1 unspecified atom stereocenters. The fraction of sp³-hybridized carbons (Fsp3) is 0.769. The second-order valence-corrected chi connectivity index (χ2v) is 4.01. The smallest absolute Gasteiger partial charge is 0.132 e. The molecule has 0 fully saturated rings. The number of rotatable bonds is 8. The number of hydrogen-bond donors (Lipinski definition) is 0. The quantitative estimate of drug-likeness (QED) is 0.533. The first kappa shape index (κ1) is 13.4. The molecule has 0 bridgehead atoms. The van der Waals surface area contributed by atoms with Gasteiger partial charge in [0.15, 0.2) is 0 Å². The highest BCUT2D eigenvalue weighted by Gasteiger charge is 2.10. The van der Waals surface area contributed by atoms with Gasteiger partial charge in [-0.2, -0.15) is 0 Å². The molecule has 0 aromatic heterocycles. The van der Waals surface area contributed by atoms with Gasteiger partial charge >= 0.3 is 0 Å². The minimum atomic E-state index is 0.402. The maximum Gasteiger partial charge on any atom is 0.132 e. The summed E-state index contributed by atoms with van der Waals surface area (Å²) < 4.78 is 0. The molecular formula is C13H24O. The van der Waals surface area contributed by atoms with Gasteiger partial charge in [-0.25, -0.2) is 0 Å². The van der Waals surface area contributed by atoms with E-state index in [4.69, 9.17) is 0 Å². The van der Waals surface area contributed by atoms with Gasteiger partial charge in [0.2, 0.25) is 0 Å². The molecule has 0 aromatic carbocycles. The first-order chi connectivity index (χ1) is 6.63. The van der Waals surface area contributed by atoms with E-state index in [1.54, 1.807) is 0 Å². The summed E-state index contributed by atoms with van der Waals surface area (Å²) in [5.74, 6) is 0.977. The van der Waals surface area contributed by atoms with E-state index in [1.165, 1.54) is 5.57 Å². The fourth-order valence-corrected chi connectivity index (χ4v) is 1.50. The molecule has 0 aliphatic heterocycles. The van der Waals surface area contributed by atoms with E-state index < -0.39 is 0 Å². The van der Waals surface area contributed by atoms with Crippen LogP contribution in [-0.2, 0) is 4.79 Å². The van der Waals surface area contributed by atoms with E-state index in [9.17, 15) is 4.79 Å². The SMILES string of the molecule is C=C(CC)CCC(CC)CC(=O)CC. The molecule has 0 spiro atoms. The highest BCUT2D eigenvalue weighted by Crippen LogP contribution is 2.20. The van der Waals surface area contributed by atoms with Crippen LogP contribution in [0.5, 0.6) is 0 Å². The largest absolute Gasteiger partial charge is 0.300 e. The lowest BCUT2D eigenvalue weighted by atomic mass is 9.92. The Kier molecular flexibility index (Phi) is 7.45. The lowest BCUT2D eigenvalue weighted by molar-refractivity contribution is -0.119. The average molecular weight is 196 g/mol. The lowest BCUT2D eigenvalue weighted by Crippen LogP contribution is -2.07. The topological polar surface area (TPSA) is 17.1 Å². The van der Waals surface area contributed by atoms with E-state index >= 15 is 0 Å². The Morgan fingerprint density at radius 2 is 1.86 bits per heavy atom. The van der Waals surface area contributed by atoms with Crippen LogP contribution < -0.4 is 0 Å². The van der Waals surface area contributed by atoms with Crippen LogP contribution in [0.2, 0.25) is 0 Å². The van der Waals surface area contributed by atoms with Gasteiger partial charge in [0.25, 0.3) is 0 Å².